The van der Waals surface area contributed by atoms with Gasteiger partial charge in [-0.1, -0.05) is 6.07 Å². The van der Waals surface area contributed by atoms with E-state index in [1.807, 2.05) is 26.8 Å². The zero-order chi connectivity index (χ0) is 20.3. The predicted octanol–water partition coefficient (Wildman–Crippen LogP) is 4.06. The first-order chi connectivity index (χ1) is 13.2. The quantitative estimate of drug-likeness (QED) is 0.682. The van der Waals surface area contributed by atoms with E-state index in [0.29, 0.717) is 17.1 Å². The number of aryl methyl sites for hydroxylation is 3. The van der Waals surface area contributed by atoms with Crippen LogP contribution in [0.1, 0.15) is 27.0 Å². The normalized spacial score (nSPS) is 11.1. The molecule has 0 fully saturated rings. The zero-order valence-corrected chi connectivity index (χ0v) is 16.7. The number of benzene rings is 2. The van der Waals surface area contributed by atoms with Gasteiger partial charge < -0.3 is 5.32 Å². The standard InChI is InChI=1S/C21H21N3O3S/c1-14-10-11-22-20(12-14)23-21(25)17-5-7-18(8-6-17)24-28(26,27)19-9-4-15(2)16(3)13-19/h4-13,24H,1-3H3,(H,22,23,25). The maximum atomic E-state index is 12.6. The van der Waals surface area contributed by atoms with Crippen LogP contribution < -0.4 is 10.0 Å². The number of amides is 1. The van der Waals surface area contributed by atoms with Gasteiger partial charge in [-0.05, 0) is 86.0 Å². The molecule has 0 unspecified atom stereocenters. The lowest BCUT2D eigenvalue weighted by Crippen LogP contribution is -2.15. The lowest BCUT2D eigenvalue weighted by Gasteiger charge is -2.10. The minimum Gasteiger partial charge on any atom is -0.307 e. The molecular formula is C21H21N3O3S. The first-order valence-electron chi connectivity index (χ1n) is 8.69. The van der Waals surface area contributed by atoms with Crippen molar-refractivity contribution in [3.8, 4) is 0 Å². The maximum absolute atomic E-state index is 12.6. The van der Waals surface area contributed by atoms with Gasteiger partial charge >= 0.3 is 0 Å². The number of sulfonamides is 1. The molecule has 0 saturated heterocycles. The summed E-state index contributed by atoms with van der Waals surface area (Å²) in [7, 11) is -3.70. The Bertz CT molecular complexity index is 1120. The zero-order valence-electron chi connectivity index (χ0n) is 15.9. The van der Waals surface area contributed by atoms with Gasteiger partial charge in [-0.15, -0.1) is 0 Å². The molecular weight excluding hydrogens is 374 g/mol. The summed E-state index contributed by atoms with van der Waals surface area (Å²) in [6.45, 7) is 5.70. The van der Waals surface area contributed by atoms with E-state index in [2.05, 4.69) is 15.0 Å². The molecule has 1 aromatic heterocycles. The van der Waals surface area contributed by atoms with Crippen LogP contribution in [0.3, 0.4) is 0 Å². The Kier molecular flexibility index (Phi) is 5.46. The summed E-state index contributed by atoms with van der Waals surface area (Å²) in [6.07, 6.45) is 1.62. The third-order valence-electron chi connectivity index (χ3n) is 4.35. The van der Waals surface area contributed by atoms with E-state index >= 15 is 0 Å². The van der Waals surface area contributed by atoms with Crippen molar-refractivity contribution in [2.24, 2.45) is 0 Å². The van der Waals surface area contributed by atoms with E-state index in [9.17, 15) is 13.2 Å². The fourth-order valence-electron chi connectivity index (χ4n) is 2.58. The molecule has 1 heterocycles. The van der Waals surface area contributed by atoms with Crippen molar-refractivity contribution in [3.63, 3.8) is 0 Å². The third kappa shape index (κ3) is 4.55. The predicted molar refractivity (Wildman–Crippen MR) is 110 cm³/mol. The molecule has 0 bridgehead atoms. The van der Waals surface area contributed by atoms with Crippen molar-refractivity contribution in [1.82, 2.24) is 4.98 Å². The van der Waals surface area contributed by atoms with Crippen LogP contribution in [0.15, 0.2) is 65.7 Å². The first-order valence-corrected chi connectivity index (χ1v) is 10.2. The molecule has 0 spiro atoms. The topological polar surface area (TPSA) is 88.2 Å². The molecule has 0 aliphatic heterocycles. The number of nitrogens with zero attached hydrogens (tertiary/aromatic N) is 1. The highest BCUT2D eigenvalue weighted by molar-refractivity contribution is 7.92. The number of hydrogen-bond acceptors (Lipinski definition) is 4. The van der Waals surface area contributed by atoms with Crippen LogP contribution in [0.2, 0.25) is 0 Å². The highest BCUT2D eigenvalue weighted by atomic mass is 32.2. The number of hydrogen-bond donors (Lipinski definition) is 2. The molecule has 1 amide bonds. The van der Waals surface area contributed by atoms with Crippen LogP contribution in [0.4, 0.5) is 11.5 Å². The van der Waals surface area contributed by atoms with E-state index in [0.717, 1.165) is 16.7 Å². The van der Waals surface area contributed by atoms with Crippen LogP contribution in [0, 0.1) is 20.8 Å². The summed E-state index contributed by atoms with van der Waals surface area (Å²) in [6, 6.07) is 14.8. The van der Waals surface area contributed by atoms with Crippen molar-refractivity contribution < 1.29 is 13.2 Å². The molecule has 3 rings (SSSR count). The Morgan fingerprint density at radius 2 is 1.61 bits per heavy atom. The lowest BCUT2D eigenvalue weighted by atomic mass is 10.1. The molecule has 144 valence electrons. The fraction of sp³-hybridized carbons (Fsp3) is 0.143. The third-order valence-corrected chi connectivity index (χ3v) is 5.72. The molecule has 2 N–H and O–H groups in total. The largest absolute Gasteiger partial charge is 0.307 e. The summed E-state index contributed by atoms with van der Waals surface area (Å²) in [5.74, 6) is 0.145. The highest BCUT2D eigenvalue weighted by Crippen LogP contribution is 2.19. The van der Waals surface area contributed by atoms with E-state index in [4.69, 9.17) is 0 Å². The van der Waals surface area contributed by atoms with E-state index in [1.165, 1.54) is 0 Å². The number of carbonyl (C=O) groups excluding carboxylic acids is 1. The van der Waals surface area contributed by atoms with Gasteiger partial charge in [0.2, 0.25) is 0 Å². The van der Waals surface area contributed by atoms with Gasteiger partial charge in [0.15, 0.2) is 0 Å². The van der Waals surface area contributed by atoms with E-state index in [-0.39, 0.29) is 10.8 Å². The molecule has 28 heavy (non-hydrogen) atoms. The van der Waals surface area contributed by atoms with Crippen molar-refractivity contribution in [2.75, 3.05) is 10.0 Å². The van der Waals surface area contributed by atoms with Gasteiger partial charge in [0.25, 0.3) is 15.9 Å². The van der Waals surface area contributed by atoms with Crippen molar-refractivity contribution in [3.05, 3.63) is 83.0 Å². The van der Waals surface area contributed by atoms with Crippen LogP contribution in [0.25, 0.3) is 0 Å². The summed E-state index contributed by atoms with van der Waals surface area (Å²) < 4.78 is 27.6. The number of aromatic nitrogens is 1. The molecule has 0 atom stereocenters. The van der Waals surface area contributed by atoms with Crippen molar-refractivity contribution >= 4 is 27.4 Å². The molecule has 7 heteroatoms. The second-order valence-corrected chi connectivity index (χ2v) is 8.28. The summed E-state index contributed by atoms with van der Waals surface area (Å²) in [5.41, 5.74) is 3.69. The maximum Gasteiger partial charge on any atom is 0.261 e. The Morgan fingerprint density at radius 1 is 0.893 bits per heavy atom. The fourth-order valence-corrected chi connectivity index (χ4v) is 3.72. The van der Waals surface area contributed by atoms with Gasteiger partial charge in [-0.2, -0.15) is 0 Å². The molecule has 0 radical (unpaired) electrons. The number of pyridine rings is 1. The summed E-state index contributed by atoms with van der Waals surface area (Å²) in [5, 5.41) is 2.72. The Labute approximate surface area is 164 Å². The second-order valence-electron chi connectivity index (χ2n) is 6.60. The Morgan fingerprint density at radius 3 is 2.25 bits per heavy atom. The van der Waals surface area contributed by atoms with Crippen molar-refractivity contribution in [1.29, 1.82) is 0 Å². The minimum atomic E-state index is -3.70. The number of rotatable bonds is 5. The Balaban J connectivity index is 1.73. The average molecular weight is 395 g/mol. The van der Waals surface area contributed by atoms with Gasteiger partial charge in [0.05, 0.1) is 4.90 Å². The van der Waals surface area contributed by atoms with Crippen LogP contribution in [0.5, 0.6) is 0 Å². The Hall–Kier alpha value is -3.19. The van der Waals surface area contributed by atoms with Crippen LogP contribution in [-0.2, 0) is 10.0 Å². The highest BCUT2D eigenvalue weighted by Gasteiger charge is 2.15. The SMILES string of the molecule is Cc1ccnc(NC(=O)c2ccc(NS(=O)(=O)c3ccc(C)c(C)c3)cc2)c1. The van der Waals surface area contributed by atoms with Gasteiger partial charge in [0.1, 0.15) is 5.82 Å². The van der Waals surface area contributed by atoms with Crippen molar-refractivity contribution in [2.45, 2.75) is 25.7 Å². The minimum absolute atomic E-state index is 0.197. The molecule has 2 aromatic carbocycles. The van der Waals surface area contributed by atoms with Crippen LogP contribution in [-0.4, -0.2) is 19.3 Å². The molecule has 6 nitrogen and oxygen atoms in total. The molecule has 0 aliphatic carbocycles. The van der Waals surface area contributed by atoms with E-state index in [1.54, 1.807) is 54.7 Å². The average Bonchev–Trinajstić information content (AvgIpc) is 2.64. The summed E-state index contributed by atoms with van der Waals surface area (Å²) >= 11 is 0. The van der Waals surface area contributed by atoms with E-state index < -0.39 is 10.0 Å². The number of carbonyl (C=O) groups is 1. The van der Waals surface area contributed by atoms with Gasteiger partial charge in [0, 0.05) is 17.4 Å². The van der Waals surface area contributed by atoms with Gasteiger partial charge in [-0.25, -0.2) is 13.4 Å². The molecule has 3 aromatic rings. The smallest absolute Gasteiger partial charge is 0.261 e. The summed E-state index contributed by atoms with van der Waals surface area (Å²) in [4.78, 5) is 16.6. The first kappa shape index (κ1) is 19.6. The van der Waals surface area contributed by atoms with Crippen LogP contribution >= 0.6 is 0 Å². The molecule has 0 saturated carbocycles. The lowest BCUT2D eigenvalue weighted by molar-refractivity contribution is 0.102. The number of anilines is 2. The second kappa shape index (κ2) is 7.82. The number of nitrogens with one attached hydrogen (secondary N) is 2. The van der Waals surface area contributed by atoms with Gasteiger partial charge in [-0.3, -0.25) is 9.52 Å². The molecule has 0 aliphatic rings. The monoisotopic (exact) mass is 395 g/mol.